The van der Waals surface area contributed by atoms with E-state index in [4.69, 9.17) is 0 Å². The number of para-hydroxylation sites is 3. The van der Waals surface area contributed by atoms with Gasteiger partial charge in [0.25, 0.3) is 0 Å². The van der Waals surface area contributed by atoms with E-state index in [1.54, 1.807) is 0 Å². The first kappa shape index (κ1) is 39.7. The lowest BCUT2D eigenvalue weighted by Gasteiger charge is -2.33. The maximum Gasteiger partial charge on any atom is 0.0540 e. The molecule has 0 unspecified atom stereocenters. The zero-order chi connectivity index (χ0) is 43.2. The van der Waals surface area contributed by atoms with Crippen molar-refractivity contribution in [3.63, 3.8) is 0 Å². The second kappa shape index (κ2) is 16.5. The van der Waals surface area contributed by atoms with Gasteiger partial charge in [-0.15, -0.1) is 0 Å². The summed E-state index contributed by atoms with van der Waals surface area (Å²) in [4.78, 5) is 5.05. The first-order valence-corrected chi connectivity index (χ1v) is 23.2. The van der Waals surface area contributed by atoms with Crippen LogP contribution in [0.5, 0.6) is 0 Å². The van der Waals surface area contributed by atoms with Crippen LogP contribution < -0.4 is 9.80 Å². The first-order valence-electron chi connectivity index (χ1n) is 23.2. The Kier molecular flexibility index (Phi) is 10.2. The van der Waals surface area contributed by atoms with Crippen LogP contribution in [0.25, 0.3) is 45.2 Å². The van der Waals surface area contributed by atoms with Crippen molar-refractivity contribution in [1.82, 2.24) is 0 Å². The van der Waals surface area contributed by atoms with E-state index in [0.717, 1.165) is 38.5 Å². The highest BCUT2D eigenvalue weighted by molar-refractivity contribution is 6.06. The van der Waals surface area contributed by atoms with Crippen molar-refractivity contribution in [3.8, 4) is 22.3 Å². The zero-order valence-electron chi connectivity index (χ0n) is 37.2. The van der Waals surface area contributed by atoms with Crippen LogP contribution in [0.4, 0.5) is 28.4 Å². The van der Waals surface area contributed by atoms with Crippen molar-refractivity contribution < 1.29 is 0 Å². The lowest BCUT2D eigenvalue weighted by molar-refractivity contribution is 0.592. The number of anilines is 5. The van der Waals surface area contributed by atoms with Crippen LogP contribution >= 0.6 is 0 Å². The van der Waals surface area contributed by atoms with Gasteiger partial charge >= 0.3 is 0 Å². The molecule has 11 rings (SSSR count). The number of allylic oxidation sites excluding steroid dienone is 4. The summed E-state index contributed by atoms with van der Waals surface area (Å²) in [5.41, 5.74) is 22.1. The molecule has 0 radical (unpaired) electrons. The van der Waals surface area contributed by atoms with Gasteiger partial charge in [-0.05, 0) is 147 Å². The molecule has 2 aliphatic heterocycles. The Hall–Kier alpha value is -7.16. The number of benzene rings is 8. The van der Waals surface area contributed by atoms with Crippen LogP contribution in [-0.2, 0) is 24.7 Å². The minimum absolute atomic E-state index is 0.0370. The van der Waals surface area contributed by atoms with Crippen LogP contribution in [0.1, 0.15) is 73.4 Å². The fourth-order valence-electron chi connectivity index (χ4n) is 10.4. The van der Waals surface area contributed by atoms with Crippen LogP contribution in [-0.4, -0.2) is 0 Å². The maximum absolute atomic E-state index is 2.56. The number of fused-ring (bicyclic) bond motifs is 4. The van der Waals surface area contributed by atoms with Crippen LogP contribution in [0.15, 0.2) is 199 Å². The smallest absolute Gasteiger partial charge is 0.0540 e. The summed E-state index contributed by atoms with van der Waals surface area (Å²) in [7, 11) is 0. The largest absolute Gasteiger partial charge is 0.314 e. The molecule has 3 aliphatic rings. The lowest BCUT2D eigenvalue weighted by Crippen LogP contribution is -2.20. The summed E-state index contributed by atoms with van der Waals surface area (Å²) in [6.07, 6.45) is 15.6. The van der Waals surface area contributed by atoms with Crippen molar-refractivity contribution in [2.45, 2.75) is 64.7 Å². The van der Waals surface area contributed by atoms with Gasteiger partial charge < -0.3 is 9.80 Å². The van der Waals surface area contributed by atoms with Crippen molar-refractivity contribution in [2.75, 3.05) is 9.80 Å². The third-order valence-corrected chi connectivity index (χ3v) is 13.7. The molecule has 0 spiro atoms. The molecule has 2 heteroatoms. The number of hydrogen-bond acceptors (Lipinski definition) is 2. The van der Waals surface area contributed by atoms with Gasteiger partial charge in [0, 0.05) is 33.8 Å². The molecule has 2 heterocycles. The third-order valence-electron chi connectivity index (χ3n) is 13.7. The molecule has 312 valence electrons. The normalized spacial score (nSPS) is 14.8. The lowest BCUT2D eigenvalue weighted by atomic mass is 9.81. The standard InChI is InChI=1S/C62H54N2/c1-62(2,3)56-42-51(63-57-20-10-4-14-47(57)34-35-48-15-5-11-21-58(48)63)38-39-53(56)46-32-28-44(29-33-46)25-24-43-26-30-45(31-27-43)52-40-41-61(55-19-9-8-18-54(52)55)64-59-22-12-6-16-49(59)36-37-50-17-7-13-23-60(50)64/h4-10,12-20,22-33,38-42H,11,21,34-37H2,1-3H3/b25-24+. The Labute approximate surface area is 379 Å². The number of aryl methyl sites for hydroxylation is 3. The van der Waals surface area contributed by atoms with E-state index in [-0.39, 0.29) is 5.41 Å². The van der Waals surface area contributed by atoms with E-state index >= 15 is 0 Å². The Morgan fingerprint density at radius 3 is 1.56 bits per heavy atom. The highest BCUT2D eigenvalue weighted by Gasteiger charge is 2.28. The second-order valence-corrected chi connectivity index (χ2v) is 18.7. The maximum atomic E-state index is 2.56. The van der Waals surface area contributed by atoms with Crippen molar-refractivity contribution in [1.29, 1.82) is 0 Å². The highest BCUT2D eigenvalue weighted by Crippen LogP contribution is 2.47. The van der Waals surface area contributed by atoms with Crippen molar-refractivity contribution in [2.24, 2.45) is 0 Å². The molecule has 0 N–H and O–H groups in total. The molecule has 8 aromatic rings. The monoisotopic (exact) mass is 826 g/mol. The van der Waals surface area contributed by atoms with Gasteiger partial charge in [0.15, 0.2) is 0 Å². The van der Waals surface area contributed by atoms with Gasteiger partial charge in [-0.3, -0.25) is 0 Å². The molecule has 1 aliphatic carbocycles. The Morgan fingerprint density at radius 2 is 0.953 bits per heavy atom. The Balaban J connectivity index is 0.862. The molecule has 8 aromatic carbocycles. The molecule has 0 atom stereocenters. The Bertz CT molecular complexity index is 3090. The molecular formula is C62H54N2. The summed E-state index contributed by atoms with van der Waals surface area (Å²) in [5, 5.41) is 2.51. The van der Waals surface area contributed by atoms with Crippen molar-refractivity contribution >= 4 is 51.4 Å². The van der Waals surface area contributed by atoms with Crippen molar-refractivity contribution in [3.05, 3.63) is 233 Å². The minimum Gasteiger partial charge on any atom is -0.314 e. The minimum atomic E-state index is -0.0370. The van der Waals surface area contributed by atoms with Gasteiger partial charge in [0.1, 0.15) is 0 Å². The first-order chi connectivity index (χ1) is 31.4. The third kappa shape index (κ3) is 7.37. The van der Waals surface area contributed by atoms with E-state index in [2.05, 4.69) is 231 Å². The van der Waals surface area contributed by atoms with E-state index in [9.17, 15) is 0 Å². The average molecular weight is 827 g/mol. The predicted molar refractivity (Wildman–Crippen MR) is 273 cm³/mol. The van der Waals surface area contributed by atoms with Crippen LogP contribution in [0.2, 0.25) is 0 Å². The summed E-state index contributed by atoms with van der Waals surface area (Å²) in [5.74, 6) is 0. The van der Waals surface area contributed by atoms with Crippen LogP contribution in [0, 0.1) is 0 Å². The van der Waals surface area contributed by atoms with E-state index in [1.807, 2.05) is 0 Å². The number of hydrogen-bond donors (Lipinski definition) is 0. The molecule has 0 amide bonds. The highest BCUT2D eigenvalue weighted by atomic mass is 15.2. The van der Waals surface area contributed by atoms with Gasteiger partial charge in [0.05, 0.1) is 5.69 Å². The van der Waals surface area contributed by atoms with E-state index in [0.29, 0.717) is 0 Å². The summed E-state index contributed by atoms with van der Waals surface area (Å²) >= 11 is 0. The molecule has 0 bridgehead atoms. The molecular weight excluding hydrogens is 773 g/mol. The number of rotatable bonds is 6. The fraction of sp³-hybridized carbons (Fsp3) is 0.161. The van der Waals surface area contributed by atoms with E-state index in [1.165, 1.54) is 106 Å². The molecule has 2 nitrogen and oxygen atoms in total. The summed E-state index contributed by atoms with van der Waals surface area (Å²) < 4.78 is 0. The van der Waals surface area contributed by atoms with Crippen LogP contribution in [0.3, 0.4) is 0 Å². The SMILES string of the molecule is CC(C)(C)c1cc(N2C3=C(C=CCC3)CCc3ccccc32)ccc1-c1ccc(/C=C/c2ccc(-c3ccc(N4c5ccccc5CCc5ccccc54)c4ccccc34)cc2)cc1. The van der Waals surface area contributed by atoms with Gasteiger partial charge in [-0.25, -0.2) is 0 Å². The topological polar surface area (TPSA) is 6.48 Å². The molecule has 0 aromatic heterocycles. The zero-order valence-corrected chi connectivity index (χ0v) is 37.2. The number of nitrogens with zero attached hydrogens (tertiary/aromatic N) is 2. The summed E-state index contributed by atoms with van der Waals surface area (Å²) in [6.45, 7) is 7.03. The quantitative estimate of drug-likeness (QED) is 0.154. The van der Waals surface area contributed by atoms with E-state index < -0.39 is 0 Å². The molecule has 0 saturated carbocycles. The van der Waals surface area contributed by atoms with Gasteiger partial charge in [-0.2, -0.15) is 0 Å². The van der Waals surface area contributed by atoms with Gasteiger partial charge in [-0.1, -0.05) is 185 Å². The second-order valence-electron chi connectivity index (χ2n) is 18.7. The molecule has 0 saturated heterocycles. The fourth-order valence-corrected chi connectivity index (χ4v) is 10.4. The molecule has 64 heavy (non-hydrogen) atoms. The molecule has 0 fully saturated rings. The summed E-state index contributed by atoms with van der Waals surface area (Å²) in [6, 6.07) is 65.6. The van der Waals surface area contributed by atoms with Gasteiger partial charge in [0.2, 0.25) is 0 Å². The average Bonchev–Trinajstić information content (AvgIpc) is 3.61. The Morgan fingerprint density at radius 1 is 0.438 bits per heavy atom. The predicted octanol–water partition coefficient (Wildman–Crippen LogP) is 16.9.